The van der Waals surface area contributed by atoms with Crippen molar-refractivity contribution in [2.45, 2.75) is 43.8 Å². The van der Waals surface area contributed by atoms with Gasteiger partial charge in [-0.2, -0.15) is 5.26 Å². The summed E-state index contributed by atoms with van der Waals surface area (Å²) in [6.07, 6.45) is 1.68. The largest absolute Gasteiger partial charge is 0.198 e. The third-order valence-corrected chi connectivity index (χ3v) is 3.94. The zero-order valence-electron chi connectivity index (χ0n) is 9.58. The standard InChI is InChI=1S/C13H17NS/c1-4-12(7-8-14)15-13-6-5-10(2)9-11(13)3/h5-6,9,12H,4,7H2,1-3H3. The molecule has 80 valence electrons. The zero-order valence-corrected chi connectivity index (χ0v) is 10.4. The van der Waals surface area contributed by atoms with Gasteiger partial charge in [0.05, 0.1) is 6.07 Å². The van der Waals surface area contributed by atoms with Crippen LogP contribution >= 0.6 is 11.8 Å². The fraction of sp³-hybridized carbons (Fsp3) is 0.462. The molecule has 0 N–H and O–H groups in total. The minimum absolute atomic E-state index is 0.427. The average Bonchev–Trinajstić information content (AvgIpc) is 2.21. The summed E-state index contributed by atoms with van der Waals surface area (Å²) in [4.78, 5) is 1.31. The quantitative estimate of drug-likeness (QED) is 0.712. The molecular formula is C13H17NS. The average molecular weight is 219 g/mol. The summed E-state index contributed by atoms with van der Waals surface area (Å²) in [6, 6.07) is 8.74. The first kappa shape index (κ1) is 12.1. The molecule has 0 aliphatic heterocycles. The number of benzene rings is 1. The smallest absolute Gasteiger partial charge is 0.0633 e. The Kier molecular flexibility index (Phi) is 4.71. The molecule has 0 aliphatic carbocycles. The molecule has 0 radical (unpaired) electrons. The van der Waals surface area contributed by atoms with Crippen LogP contribution in [0, 0.1) is 25.2 Å². The van der Waals surface area contributed by atoms with Crippen LogP contribution in [0.2, 0.25) is 0 Å². The van der Waals surface area contributed by atoms with Crippen molar-refractivity contribution in [3.63, 3.8) is 0 Å². The molecule has 0 saturated heterocycles. The van der Waals surface area contributed by atoms with Gasteiger partial charge in [0.15, 0.2) is 0 Å². The van der Waals surface area contributed by atoms with Crippen LogP contribution in [0.1, 0.15) is 30.9 Å². The second-order valence-corrected chi connectivity index (χ2v) is 5.12. The molecule has 1 aromatic rings. The molecule has 1 atom stereocenters. The van der Waals surface area contributed by atoms with E-state index in [1.54, 1.807) is 0 Å². The van der Waals surface area contributed by atoms with Crippen LogP contribution in [-0.2, 0) is 0 Å². The monoisotopic (exact) mass is 219 g/mol. The van der Waals surface area contributed by atoms with E-state index in [0.29, 0.717) is 11.7 Å². The maximum Gasteiger partial charge on any atom is 0.0633 e. The topological polar surface area (TPSA) is 23.8 Å². The lowest BCUT2D eigenvalue weighted by atomic mass is 10.2. The fourth-order valence-electron chi connectivity index (χ4n) is 1.48. The van der Waals surface area contributed by atoms with Crippen LogP contribution in [0.5, 0.6) is 0 Å². The highest BCUT2D eigenvalue weighted by Gasteiger charge is 2.09. The number of hydrogen-bond donors (Lipinski definition) is 0. The molecule has 0 spiro atoms. The van der Waals surface area contributed by atoms with Gasteiger partial charge in [-0.05, 0) is 31.9 Å². The first-order valence-electron chi connectivity index (χ1n) is 5.28. The lowest BCUT2D eigenvalue weighted by molar-refractivity contribution is 0.842. The Morgan fingerprint density at radius 1 is 1.40 bits per heavy atom. The Labute approximate surface area is 96.5 Å². The minimum atomic E-state index is 0.427. The molecule has 1 rings (SSSR count). The van der Waals surface area contributed by atoms with E-state index < -0.39 is 0 Å². The van der Waals surface area contributed by atoms with E-state index in [-0.39, 0.29) is 0 Å². The third kappa shape index (κ3) is 3.60. The maximum absolute atomic E-state index is 8.70. The minimum Gasteiger partial charge on any atom is -0.198 e. The van der Waals surface area contributed by atoms with Gasteiger partial charge in [0.2, 0.25) is 0 Å². The van der Waals surface area contributed by atoms with Gasteiger partial charge in [0.25, 0.3) is 0 Å². The first-order valence-corrected chi connectivity index (χ1v) is 6.16. The summed E-state index contributed by atoms with van der Waals surface area (Å²) in [5.41, 5.74) is 2.61. The molecule has 0 fully saturated rings. The highest BCUT2D eigenvalue weighted by atomic mass is 32.2. The number of rotatable bonds is 4. The van der Waals surface area contributed by atoms with E-state index in [1.807, 2.05) is 11.8 Å². The van der Waals surface area contributed by atoms with Crippen molar-refractivity contribution in [1.29, 1.82) is 5.26 Å². The van der Waals surface area contributed by atoms with Crippen LogP contribution in [-0.4, -0.2) is 5.25 Å². The highest BCUT2D eigenvalue weighted by molar-refractivity contribution is 8.00. The van der Waals surface area contributed by atoms with E-state index in [0.717, 1.165) is 6.42 Å². The summed E-state index contributed by atoms with van der Waals surface area (Å²) in [5, 5.41) is 9.12. The predicted molar refractivity (Wildman–Crippen MR) is 66.1 cm³/mol. The van der Waals surface area contributed by atoms with Gasteiger partial charge in [0.1, 0.15) is 0 Å². The molecule has 0 amide bonds. The maximum atomic E-state index is 8.70. The molecule has 15 heavy (non-hydrogen) atoms. The zero-order chi connectivity index (χ0) is 11.3. The van der Waals surface area contributed by atoms with Gasteiger partial charge in [-0.15, -0.1) is 11.8 Å². The molecular weight excluding hydrogens is 202 g/mol. The summed E-state index contributed by atoms with van der Waals surface area (Å²) in [5.74, 6) is 0. The molecule has 0 heterocycles. The van der Waals surface area contributed by atoms with E-state index in [2.05, 4.69) is 45.0 Å². The number of aryl methyl sites for hydroxylation is 2. The van der Waals surface area contributed by atoms with Crippen molar-refractivity contribution in [2.24, 2.45) is 0 Å². The van der Waals surface area contributed by atoms with E-state index in [9.17, 15) is 0 Å². The normalized spacial score (nSPS) is 12.1. The Morgan fingerprint density at radius 2 is 2.13 bits per heavy atom. The fourth-order valence-corrected chi connectivity index (χ4v) is 2.56. The van der Waals surface area contributed by atoms with Crippen molar-refractivity contribution < 1.29 is 0 Å². The van der Waals surface area contributed by atoms with E-state index >= 15 is 0 Å². The van der Waals surface area contributed by atoms with Crippen LogP contribution < -0.4 is 0 Å². The molecule has 0 bridgehead atoms. The second kappa shape index (κ2) is 5.82. The van der Waals surface area contributed by atoms with Crippen molar-refractivity contribution in [2.75, 3.05) is 0 Å². The number of nitrogens with zero attached hydrogens (tertiary/aromatic N) is 1. The SMILES string of the molecule is CCC(CC#N)Sc1ccc(C)cc1C. The predicted octanol–water partition coefficient (Wildman–Crippen LogP) is 4.09. The van der Waals surface area contributed by atoms with Gasteiger partial charge in [-0.25, -0.2) is 0 Å². The molecule has 0 saturated carbocycles. The van der Waals surface area contributed by atoms with Crippen LogP contribution in [0.3, 0.4) is 0 Å². The van der Waals surface area contributed by atoms with Crippen molar-refractivity contribution in [3.8, 4) is 6.07 Å². The third-order valence-electron chi connectivity index (χ3n) is 2.40. The Morgan fingerprint density at radius 3 is 2.67 bits per heavy atom. The van der Waals surface area contributed by atoms with Gasteiger partial charge in [-0.3, -0.25) is 0 Å². The van der Waals surface area contributed by atoms with Crippen LogP contribution in [0.4, 0.5) is 0 Å². The summed E-state index contributed by atoms with van der Waals surface area (Å²) >= 11 is 1.83. The first-order chi connectivity index (χ1) is 7.17. The number of hydrogen-bond acceptors (Lipinski definition) is 2. The van der Waals surface area contributed by atoms with Crippen molar-refractivity contribution >= 4 is 11.8 Å². The molecule has 0 aliphatic rings. The molecule has 0 aromatic heterocycles. The highest BCUT2D eigenvalue weighted by Crippen LogP contribution is 2.30. The Bertz CT molecular complexity index is 365. The second-order valence-electron chi connectivity index (χ2n) is 3.78. The van der Waals surface area contributed by atoms with Crippen molar-refractivity contribution in [3.05, 3.63) is 29.3 Å². The molecule has 1 unspecified atom stereocenters. The molecule has 2 heteroatoms. The van der Waals surface area contributed by atoms with E-state index in [1.165, 1.54) is 16.0 Å². The van der Waals surface area contributed by atoms with Gasteiger partial charge in [0, 0.05) is 16.6 Å². The Balaban J connectivity index is 2.75. The van der Waals surface area contributed by atoms with Gasteiger partial charge >= 0.3 is 0 Å². The summed E-state index contributed by atoms with van der Waals surface area (Å²) < 4.78 is 0. The van der Waals surface area contributed by atoms with Gasteiger partial charge in [-0.1, -0.05) is 24.6 Å². The summed E-state index contributed by atoms with van der Waals surface area (Å²) in [7, 11) is 0. The number of nitriles is 1. The van der Waals surface area contributed by atoms with Crippen LogP contribution in [0.25, 0.3) is 0 Å². The summed E-state index contributed by atoms with van der Waals surface area (Å²) in [6.45, 7) is 6.38. The van der Waals surface area contributed by atoms with Gasteiger partial charge < -0.3 is 0 Å². The van der Waals surface area contributed by atoms with E-state index in [4.69, 9.17) is 5.26 Å². The number of thioether (sulfide) groups is 1. The molecule has 1 nitrogen and oxygen atoms in total. The van der Waals surface area contributed by atoms with Crippen molar-refractivity contribution in [1.82, 2.24) is 0 Å². The van der Waals surface area contributed by atoms with Crippen LogP contribution in [0.15, 0.2) is 23.1 Å². The Hall–Kier alpha value is -0.940. The lowest BCUT2D eigenvalue weighted by Gasteiger charge is -2.12. The lowest BCUT2D eigenvalue weighted by Crippen LogP contribution is -1.99. The molecule has 1 aromatic carbocycles.